The van der Waals surface area contributed by atoms with Gasteiger partial charge in [0.2, 0.25) is 5.91 Å². The molecule has 0 radical (unpaired) electrons. The van der Waals surface area contributed by atoms with Crippen LogP contribution in [0.4, 0.5) is 0 Å². The van der Waals surface area contributed by atoms with Gasteiger partial charge in [0.1, 0.15) is 5.75 Å². The number of carbonyl (C=O) groups is 1. The zero-order valence-corrected chi connectivity index (χ0v) is 11.9. The number of nitrogens with zero attached hydrogens (tertiary/aromatic N) is 1. The molecule has 0 saturated heterocycles. The second-order valence-corrected chi connectivity index (χ2v) is 4.48. The van der Waals surface area contributed by atoms with Crippen LogP contribution in [-0.4, -0.2) is 36.3 Å². The standard InChI is InChI=1S/C13H18BrNO2/c1-3-15(8-7-14)13(16)10-11-5-4-6-12(9-11)17-2/h4-6,9H,3,7-8,10H2,1-2H3. The molecule has 1 aromatic carbocycles. The van der Waals surface area contributed by atoms with Crippen LogP contribution >= 0.6 is 15.9 Å². The van der Waals surface area contributed by atoms with Crippen molar-refractivity contribution in [2.75, 3.05) is 25.5 Å². The van der Waals surface area contributed by atoms with Gasteiger partial charge in [0.15, 0.2) is 0 Å². The molecule has 0 N–H and O–H groups in total. The molecule has 0 heterocycles. The summed E-state index contributed by atoms with van der Waals surface area (Å²) in [4.78, 5) is 13.8. The van der Waals surface area contributed by atoms with E-state index in [0.717, 1.165) is 29.7 Å². The number of amides is 1. The van der Waals surface area contributed by atoms with Crippen LogP contribution in [0.3, 0.4) is 0 Å². The Hall–Kier alpha value is -1.03. The molecule has 1 rings (SSSR count). The highest BCUT2D eigenvalue weighted by atomic mass is 79.9. The number of alkyl halides is 1. The Bertz CT molecular complexity index is 368. The van der Waals surface area contributed by atoms with Gasteiger partial charge in [0.25, 0.3) is 0 Å². The Kier molecular flexibility index (Phi) is 6.05. The lowest BCUT2D eigenvalue weighted by Crippen LogP contribution is -2.33. The van der Waals surface area contributed by atoms with Crippen LogP contribution < -0.4 is 4.74 Å². The van der Waals surface area contributed by atoms with Crippen molar-refractivity contribution >= 4 is 21.8 Å². The first-order chi connectivity index (χ1) is 8.21. The molecule has 0 unspecified atom stereocenters. The topological polar surface area (TPSA) is 29.5 Å². The molecule has 1 aromatic rings. The van der Waals surface area contributed by atoms with Crippen LogP contribution in [0.5, 0.6) is 5.75 Å². The maximum atomic E-state index is 12.0. The maximum absolute atomic E-state index is 12.0. The van der Waals surface area contributed by atoms with Crippen LogP contribution in [-0.2, 0) is 11.2 Å². The zero-order chi connectivity index (χ0) is 12.7. The monoisotopic (exact) mass is 299 g/mol. The molecule has 0 aromatic heterocycles. The zero-order valence-electron chi connectivity index (χ0n) is 10.3. The molecule has 17 heavy (non-hydrogen) atoms. The summed E-state index contributed by atoms with van der Waals surface area (Å²) in [7, 11) is 1.63. The summed E-state index contributed by atoms with van der Waals surface area (Å²) < 4.78 is 5.14. The highest BCUT2D eigenvalue weighted by Crippen LogP contribution is 2.13. The Morgan fingerprint density at radius 3 is 2.82 bits per heavy atom. The van der Waals surface area contributed by atoms with Gasteiger partial charge in [0.05, 0.1) is 13.5 Å². The van der Waals surface area contributed by atoms with Gasteiger partial charge in [-0.25, -0.2) is 0 Å². The molecule has 0 spiro atoms. The smallest absolute Gasteiger partial charge is 0.227 e. The van der Waals surface area contributed by atoms with E-state index < -0.39 is 0 Å². The quantitative estimate of drug-likeness (QED) is 0.755. The van der Waals surface area contributed by atoms with Gasteiger partial charge in [-0.3, -0.25) is 4.79 Å². The van der Waals surface area contributed by atoms with E-state index in [1.54, 1.807) is 7.11 Å². The van der Waals surface area contributed by atoms with Crippen molar-refractivity contribution in [1.29, 1.82) is 0 Å². The molecule has 0 atom stereocenters. The SMILES string of the molecule is CCN(CCBr)C(=O)Cc1cccc(OC)c1. The highest BCUT2D eigenvalue weighted by Gasteiger charge is 2.11. The molecule has 0 bridgehead atoms. The van der Waals surface area contributed by atoms with Crippen LogP contribution in [0.2, 0.25) is 0 Å². The first-order valence-electron chi connectivity index (χ1n) is 5.68. The fourth-order valence-electron chi connectivity index (χ4n) is 1.63. The average molecular weight is 300 g/mol. The van der Waals surface area contributed by atoms with Crippen LogP contribution in [0, 0.1) is 0 Å². The van der Waals surface area contributed by atoms with Crippen molar-refractivity contribution in [3.63, 3.8) is 0 Å². The van der Waals surface area contributed by atoms with E-state index in [2.05, 4.69) is 15.9 Å². The summed E-state index contributed by atoms with van der Waals surface area (Å²) in [6, 6.07) is 7.63. The molecular weight excluding hydrogens is 282 g/mol. The lowest BCUT2D eigenvalue weighted by atomic mass is 10.1. The van der Waals surface area contributed by atoms with Gasteiger partial charge in [-0.15, -0.1) is 0 Å². The van der Waals surface area contributed by atoms with Crippen molar-refractivity contribution in [3.05, 3.63) is 29.8 Å². The van der Waals surface area contributed by atoms with Crippen molar-refractivity contribution in [3.8, 4) is 5.75 Å². The van der Waals surface area contributed by atoms with Crippen molar-refractivity contribution in [2.24, 2.45) is 0 Å². The predicted molar refractivity (Wildman–Crippen MR) is 72.7 cm³/mol. The Morgan fingerprint density at radius 2 is 2.24 bits per heavy atom. The van der Waals surface area contributed by atoms with Crippen molar-refractivity contribution in [1.82, 2.24) is 4.90 Å². The number of hydrogen-bond donors (Lipinski definition) is 0. The van der Waals surface area contributed by atoms with E-state index in [0.29, 0.717) is 6.42 Å². The minimum Gasteiger partial charge on any atom is -0.497 e. The number of benzene rings is 1. The fraction of sp³-hybridized carbons (Fsp3) is 0.462. The Balaban J connectivity index is 2.65. The molecule has 3 nitrogen and oxygen atoms in total. The van der Waals surface area contributed by atoms with Crippen LogP contribution in [0.25, 0.3) is 0 Å². The molecule has 0 aliphatic rings. The van der Waals surface area contributed by atoms with Gasteiger partial charge >= 0.3 is 0 Å². The Morgan fingerprint density at radius 1 is 1.47 bits per heavy atom. The van der Waals surface area contributed by atoms with Crippen LogP contribution in [0.1, 0.15) is 12.5 Å². The van der Waals surface area contributed by atoms with Gasteiger partial charge in [-0.2, -0.15) is 0 Å². The number of halogens is 1. The lowest BCUT2D eigenvalue weighted by molar-refractivity contribution is -0.130. The second kappa shape index (κ2) is 7.33. The van der Waals surface area contributed by atoms with E-state index in [-0.39, 0.29) is 5.91 Å². The molecule has 0 aliphatic heterocycles. The van der Waals surface area contributed by atoms with E-state index in [9.17, 15) is 4.79 Å². The molecular formula is C13H18BrNO2. The molecule has 1 amide bonds. The lowest BCUT2D eigenvalue weighted by Gasteiger charge is -2.19. The Labute approximate surface area is 111 Å². The number of rotatable bonds is 6. The third kappa shape index (κ3) is 4.38. The molecule has 0 aliphatic carbocycles. The number of ether oxygens (including phenoxy) is 1. The highest BCUT2D eigenvalue weighted by molar-refractivity contribution is 9.09. The van der Waals surface area contributed by atoms with E-state index in [1.165, 1.54) is 0 Å². The normalized spacial score (nSPS) is 10.1. The first-order valence-corrected chi connectivity index (χ1v) is 6.80. The predicted octanol–water partition coefficient (Wildman–Crippen LogP) is 2.48. The van der Waals surface area contributed by atoms with E-state index >= 15 is 0 Å². The van der Waals surface area contributed by atoms with Gasteiger partial charge in [-0.1, -0.05) is 28.1 Å². The minimum absolute atomic E-state index is 0.153. The largest absolute Gasteiger partial charge is 0.497 e. The van der Waals surface area contributed by atoms with E-state index in [4.69, 9.17) is 4.74 Å². The van der Waals surface area contributed by atoms with E-state index in [1.807, 2.05) is 36.1 Å². The van der Waals surface area contributed by atoms with Crippen molar-refractivity contribution in [2.45, 2.75) is 13.3 Å². The summed E-state index contributed by atoms with van der Waals surface area (Å²) in [5.41, 5.74) is 0.988. The van der Waals surface area contributed by atoms with Gasteiger partial charge < -0.3 is 9.64 Å². The minimum atomic E-state index is 0.153. The summed E-state index contributed by atoms with van der Waals surface area (Å²) in [5.74, 6) is 0.944. The van der Waals surface area contributed by atoms with Crippen LogP contribution in [0.15, 0.2) is 24.3 Å². The second-order valence-electron chi connectivity index (χ2n) is 3.69. The summed E-state index contributed by atoms with van der Waals surface area (Å²) in [6.45, 7) is 3.49. The first kappa shape index (κ1) is 14.0. The average Bonchev–Trinajstić information content (AvgIpc) is 2.36. The molecule has 4 heteroatoms. The summed E-state index contributed by atoms with van der Waals surface area (Å²) in [5, 5.41) is 0.810. The maximum Gasteiger partial charge on any atom is 0.227 e. The van der Waals surface area contributed by atoms with Gasteiger partial charge in [0, 0.05) is 18.4 Å². The third-order valence-corrected chi connectivity index (χ3v) is 2.93. The molecule has 94 valence electrons. The van der Waals surface area contributed by atoms with Crippen molar-refractivity contribution < 1.29 is 9.53 Å². The number of methoxy groups -OCH3 is 1. The summed E-state index contributed by atoms with van der Waals surface area (Å²) in [6.07, 6.45) is 0.429. The van der Waals surface area contributed by atoms with Gasteiger partial charge in [-0.05, 0) is 24.6 Å². The fourth-order valence-corrected chi connectivity index (χ4v) is 2.06. The number of hydrogen-bond acceptors (Lipinski definition) is 2. The molecule has 0 saturated carbocycles. The summed E-state index contributed by atoms with van der Waals surface area (Å²) >= 11 is 3.35. The third-order valence-electron chi connectivity index (χ3n) is 2.58. The molecule has 0 fully saturated rings. The number of carbonyl (C=O) groups excluding carboxylic acids is 1. The number of likely N-dealkylation sites (N-methyl/N-ethyl adjacent to an activating group) is 1.